The highest BCUT2D eigenvalue weighted by Gasteiger charge is 2.11. The zero-order valence-electron chi connectivity index (χ0n) is 10.9. The van der Waals surface area contributed by atoms with Crippen molar-refractivity contribution in [3.63, 3.8) is 0 Å². The van der Waals surface area contributed by atoms with E-state index >= 15 is 0 Å². The molecule has 2 heterocycles. The molecule has 4 heteroatoms. The third kappa shape index (κ3) is 3.21. The molecule has 0 N–H and O–H groups in total. The van der Waals surface area contributed by atoms with Gasteiger partial charge in [-0.15, -0.1) is 0 Å². The van der Waals surface area contributed by atoms with Crippen molar-refractivity contribution < 1.29 is 4.74 Å². The Hall–Kier alpha value is -1.60. The van der Waals surface area contributed by atoms with E-state index in [1.165, 1.54) is 19.3 Å². The van der Waals surface area contributed by atoms with Crippen LogP contribution >= 0.6 is 0 Å². The van der Waals surface area contributed by atoms with Crippen LogP contribution in [0.3, 0.4) is 0 Å². The van der Waals surface area contributed by atoms with Gasteiger partial charge in [-0.3, -0.25) is 4.90 Å². The maximum absolute atomic E-state index is 9.07. The fraction of sp³-hybridized carbons (Fsp3) is 0.571. The molecule has 0 aliphatic carbocycles. The maximum atomic E-state index is 9.07. The van der Waals surface area contributed by atoms with Crippen molar-refractivity contribution in [1.29, 1.82) is 5.26 Å². The first kappa shape index (κ1) is 12.8. The maximum Gasteiger partial charge on any atom is 0.231 e. The summed E-state index contributed by atoms with van der Waals surface area (Å²) in [5.74, 6) is 0.467. The third-order valence-corrected chi connectivity index (χ3v) is 3.33. The molecule has 1 saturated heterocycles. The van der Waals surface area contributed by atoms with Crippen LogP contribution in [-0.2, 0) is 0 Å². The fourth-order valence-electron chi connectivity index (χ4n) is 2.23. The second-order valence-corrected chi connectivity index (χ2v) is 4.67. The minimum absolute atomic E-state index is 0.467. The first-order chi connectivity index (χ1) is 8.81. The van der Waals surface area contributed by atoms with E-state index in [0.717, 1.165) is 25.2 Å². The molecule has 4 nitrogen and oxygen atoms in total. The van der Waals surface area contributed by atoms with Crippen LogP contribution in [0.5, 0.6) is 5.88 Å². The van der Waals surface area contributed by atoms with Crippen LogP contribution in [0.2, 0.25) is 0 Å². The lowest BCUT2D eigenvalue weighted by Gasteiger charge is -2.26. The Morgan fingerprint density at radius 1 is 1.39 bits per heavy atom. The first-order valence-corrected chi connectivity index (χ1v) is 6.52. The number of ether oxygens (including phenoxy) is 1. The van der Waals surface area contributed by atoms with Crippen LogP contribution in [0.25, 0.3) is 0 Å². The Labute approximate surface area is 108 Å². The van der Waals surface area contributed by atoms with E-state index < -0.39 is 0 Å². The number of pyridine rings is 1. The number of rotatable bonds is 4. The van der Waals surface area contributed by atoms with Crippen molar-refractivity contribution in [2.45, 2.75) is 26.2 Å². The minimum Gasteiger partial charge on any atom is -0.475 e. The number of hydrogen-bond donors (Lipinski definition) is 0. The van der Waals surface area contributed by atoms with Crippen LogP contribution < -0.4 is 4.74 Å². The van der Waals surface area contributed by atoms with E-state index in [1.807, 2.05) is 13.0 Å². The summed E-state index contributed by atoms with van der Waals surface area (Å²) in [4.78, 5) is 6.54. The highest BCUT2D eigenvalue weighted by Crippen LogP contribution is 2.17. The molecular weight excluding hydrogens is 226 g/mol. The van der Waals surface area contributed by atoms with Gasteiger partial charge in [0.2, 0.25) is 5.88 Å². The molecule has 0 bridgehead atoms. The molecular formula is C14H19N3O. The van der Waals surface area contributed by atoms with Crippen molar-refractivity contribution in [3.8, 4) is 11.9 Å². The second-order valence-electron chi connectivity index (χ2n) is 4.67. The summed E-state index contributed by atoms with van der Waals surface area (Å²) in [6, 6.07) is 3.98. The van der Waals surface area contributed by atoms with Gasteiger partial charge in [0.25, 0.3) is 0 Å². The molecule has 0 aromatic carbocycles. The molecule has 0 unspecified atom stereocenters. The molecule has 2 rings (SSSR count). The van der Waals surface area contributed by atoms with E-state index in [-0.39, 0.29) is 0 Å². The lowest BCUT2D eigenvalue weighted by molar-refractivity contribution is 0.180. The average molecular weight is 245 g/mol. The van der Waals surface area contributed by atoms with Crippen LogP contribution in [0.1, 0.15) is 30.4 Å². The van der Waals surface area contributed by atoms with Gasteiger partial charge in [-0.1, -0.05) is 6.42 Å². The smallest absolute Gasteiger partial charge is 0.231 e. The summed E-state index contributed by atoms with van der Waals surface area (Å²) >= 11 is 0. The van der Waals surface area contributed by atoms with Crippen molar-refractivity contribution in [1.82, 2.24) is 9.88 Å². The normalized spacial score (nSPS) is 16.2. The van der Waals surface area contributed by atoms with E-state index in [4.69, 9.17) is 10.00 Å². The van der Waals surface area contributed by atoms with Crippen molar-refractivity contribution in [3.05, 3.63) is 23.4 Å². The Kier molecular flexibility index (Phi) is 4.54. The van der Waals surface area contributed by atoms with Crippen LogP contribution in [0, 0.1) is 18.3 Å². The molecule has 1 fully saturated rings. The van der Waals surface area contributed by atoms with Gasteiger partial charge in [0.1, 0.15) is 18.2 Å². The Bertz CT molecular complexity index is 433. The number of aromatic nitrogens is 1. The monoisotopic (exact) mass is 245 g/mol. The lowest BCUT2D eigenvalue weighted by atomic mass is 10.1. The topological polar surface area (TPSA) is 49.1 Å². The molecule has 0 amide bonds. The van der Waals surface area contributed by atoms with Gasteiger partial charge in [-0.05, 0) is 44.5 Å². The van der Waals surface area contributed by atoms with Gasteiger partial charge in [-0.2, -0.15) is 5.26 Å². The molecule has 1 aromatic rings. The second kappa shape index (κ2) is 6.36. The van der Waals surface area contributed by atoms with Crippen LogP contribution in [0.4, 0.5) is 0 Å². The summed E-state index contributed by atoms with van der Waals surface area (Å²) < 4.78 is 5.64. The molecule has 96 valence electrons. The van der Waals surface area contributed by atoms with Gasteiger partial charge in [0.15, 0.2) is 0 Å². The van der Waals surface area contributed by atoms with E-state index in [0.29, 0.717) is 18.1 Å². The zero-order chi connectivity index (χ0) is 12.8. The molecule has 0 radical (unpaired) electrons. The number of nitrogens with zero attached hydrogens (tertiary/aromatic N) is 3. The Morgan fingerprint density at radius 2 is 2.17 bits per heavy atom. The summed E-state index contributed by atoms with van der Waals surface area (Å²) in [7, 11) is 0. The zero-order valence-corrected chi connectivity index (χ0v) is 10.9. The number of aryl methyl sites for hydroxylation is 1. The predicted molar refractivity (Wildman–Crippen MR) is 69.5 cm³/mol. The van der Waals surface area contributed by atoms with E-state index in [9.17, 15) is 0 Å². The van der Waals surface area contributed by atoms with Crippen molar-refractivity contribution in [2.75, 3.05) is 26.2 Å². The first-order valence-electron chi connectivity index (χ1n) is 6.52. The van der Waals surface area contributed by atoms with Gasteiger partial charge in [-0.25, -0.2) is 4.98 Å². The van der Waals surface area contributed by atoms with Gasteiger partial charge >= 0.3 is 0 Å². The number of hydrogen-bond acceptors (Lipinski definition) is 4. The number of piperidine rings is 1. The van der Waals surface area contributed by atoms with Crippen molar-refractivity contribution in [2.24, 2.45) is 0 Å². The van der Waals surface area contributed by atoms with E-state index in [2.05, 4.69) is 16.0 Å². The number of nitriles is 1. The lowest BCUT2D eigenvalue weighted by Crippen LogP contribution is -2.33. The van der Waals surface area contributed by atoms with Crippen molar-refractivity contribution >= 4 is 0 Å². The van der Waals surface area contributed by atoms with Crippen LogP contribution in [-0.4, -0.2) is 36.1 Å². The summed E-state index contributed by atoms with van der Waals surface area (Å²) in [5, 5.41) is 9.07. The molecule has 1 aliphatic heterocycles. The third-order valence-electron chi connectivity index (χ3n) is 3.33. The van der Waals surface area contributed by atoms with Gasteiger partial charge in [0.05, 0.1) is 0 Å². The molecule has 1 aliphatic rings. The highest BCUT2D eigenvalue weighted by atomic mass is 16.5. The van der Waals surface area contributed by atoms with Crippen LogP contribution in [0.15, 0.2) is 12.3 Å². The highest BCUT2D eigenvalue weighted by molar-refractivity contribution is 5.43. The van der Waals surface area contributed by atoms with Gasteiger partial charge < -0.3 is 4.74 Å². The van der Waals surface area contributed by atoms with Gasteiger partial charge in [0, 0.05) is 12.7 Å². The number of likely N-dealkylation sites (tertiary alicyclic amines) is 1. The molecule has 0 spiro atoms. The summed E-state index contributed by atoms with van der Waals surface area (Å²) in [5.41, 5.74) is 1.47. The van der Waals surface area contributed by atoms with E-state index in [1.54, 1.807) is 6.20 Å². The quantitative estimate of drug-likeness (QED) is 0.815. The minimum atomic E-state index is 0.467. The summed E-state index contributed by atoms with van der Waals surface area (Å²) in [6.45, 7) is 5.74. The molecule has 18 heavy (non-hydrogen) atoms. The Morgan fingerprint density at radius 3 is 2.89 bits per heavy atom. The average Bonchev–Trinajstić information content (AvgIpc) is 2.40. The molecule has 0 saturated carbocycles. The largest absolute Gasteiger partial charge is 0.475 e. The fourth-order valence-corrected chi connectivity index (χ4v) is 2.23. The molecule has 1 aromatic heterocycles. The summed E-state index contributed by atoms with van der Waals surface area (Å²) in [6.07, 6.45) is 5.60. The molecule has 0 atom stereocenters. The Balaban J connectivity index is 1.86. The predicted octanol–water partition coefficient (Wildman–Crippen LogP) is 2.13. The standard InChI is InChI=1S/C14H19N3O/c1-12-5-6-16-14(13(12)11-15)18-10-9-17-7-3-2-4-8-17/h5-6H,2-4,7-10H2,1H3. The SMILES string of the molecule is Cc1ccnc(OCCN2CCCCC2)c1C#N.